The number of hydrogen-bond acceptors (Lipinski definition) is 2. The molecule has 100 valence electrons. The molecule has 1 atom stereocenters. The van der Waals surface area contributed by atoms with Gasteiger partial charge < -0.3 is 10.2 Å². The summed E-state index contributed by atoms with van der Waals surface area (Å²) >= 11 is 0. The standard InChI is InChI=1S/C14H15FN2O2/c15-9-3-4-10-11(8-13(18)16-12(10)7-9)14(19)17-5-1-2-6-17/h3-4,7,11H,1-2,5-6,8H2,(H,16,18). The van der Waals surface area contributed by atoms with Gasteiger partial charge >= 0.3 is 0 Å². The molecular formula is C14H15FN2O2. The Balaban J connectivity index is 1.94. The van der Waals surface area contributed by atoms with Crippen molar-refractivity contribution in [2.45, 2.75) is 25.2 Å². The monoisotopic (exact) mass is 262 g/mol. The zero-order valence-electron chi connectivity index (χ0n) is 10.5. The van der Waals surface area contributed by atoms with Crippen molar-refractivity contribution in [3.05, 3.63) is 29.6 Å². The highest BCUT2D eigenvalue weighted by Crippen LogP contribution is 2.34. The van der Waals surface area contributed by atoms with E-state index in [0.717, 1.165) is 31.5 Å². The van der Waals surface area contributed by atoms with Crippen molar-refractivity contribution in [2.75, 3.05) is 18.4 Å². The maximum Gasteiger partial charge on any atom is 0.230 e. The largest absolute Gasteiger partial charge is 0.342 e. The van der Waals surface area contributed by atoms with Crippen LogP contribution in [0.3, 0.4) is 0 Å². The number of benzene rings is 1. The Labute approximate surface area is 110 Å². The van der Waals surface area contributed by atoms with E-state index in [1.807, 2.05) is 0 Å². The second kappa shape index (κ2) is 4.64. The average Bonchev–Trinajstić information content (AvgIpc) is 2.90. The fourth-order valence-corrected chi connectivity index (χ4v) is 2.82. The van der Waals surface area contributed by atoms with Crippen LogP contribution in [0.5, 0.6) is 0 Å². The Morgan fingerprint density at radius 2 is 2.05 bits per heavy atom. The van der Waals surface area contributed by atoms with Crippen LogP contribution in [0.25, 0.3) is 0 Å². The molecular weight excluding hydrogens is 247 g/mol. The van der Waals surface area contributed by atoms with Crippen LogP contribution in [0, 0.1) is 5.82 Å². The first-order valence-electron chi connectivity index (χ1n) is 6.53. The smallest absolute Gasteiger partial charge is 0.230 e. The van der Waals surface area contributed by atoms with Crippen LogP contribution in [0.15, 0.2) is 18.2 Å². The van der Waals surface area contributed by atoms with Gasteiger partial charge in [-0.1, -0.05) is 6.07 Å². The summed E-state index contributed by atoms with van der Waals surface area (Å²) in [7, 11) is 0. The summed E-state index contributed by atoms with van der Waals surface area (Å²) in [4.78, 5) is 25.9. The lowest BCUT2D eigenvalue weighted by Crippen LogP contribution is -2.37. The van der Waals surface area contributed by atoms with Gasteiger partial charge in [0, 0.05) is 25.2 Å². The van der Waals surface area contributed by atoms with Gasteiger partial charge in [0.05, 0.1) is 5.92 Å². The lowest BCUT2D eigenvalue weighted by atomic mass is 9.89. The summed E-state index contributed by atoms with van der Waals surface area (Å²) in [5, 5.41) is 2.63. The highest BCUT2D eigenvalue weighted by Gasteiger charge is 2.34. The molecule has 1 N–H and O–H groups in total. The zero-order chi connectivity index (χ0) is 13.4. The van der Waals surface area contributed by atoms with Crippen molar-refractivity contribution in [2.24, 2.45) is 0 Å². The third-order valence-electron chi connectivity index (χ3n) is 3.77. The molecule has 1 aromatic carbocycles. The van der Waals surface area contributed by atoms with Crippen LogP contribution in [0.4, 0.5) is 10.1 Å². The lowest BCUT2D eigenvalue weighted by Gasteiger charge is -2.28. The molecule has 0 radical (unpaired) electrons. The highest BCUT2D eigenvalue weighted by molar-refractivity contribution is 6.01. The number of amides is 2. The first kappa shape index (κ1) is 12.1. The Morgan fingerprint density at radius 3 is 2.79 bits per heavy atom. The van der Waals surface area contributed by atoms with E-state index in [4.69, 9.17) is 0 Å². The summed E-state index contributed by atoms with van der Waals surface area (Å²) in [5.41, 5.74) is 1.15. The van der Waals surface area contributed by atoms with E-state index in [0.29, 0.717) is 5.69 Å². The molecule has 0 aromatic heterocycles. The third-order valence-corrected chi connectivity index (χ3v) is 3.77. The zero-order valence-corrected chi connectivity index (χ0v) is 10.5. The quantitative estimate of drug-likeness (QED) is 0.840. The minimum Gasteiger partial charge on any atom is -0.342 e. The van der Waals surface area contributed by atoms with Crippen LogP contribution >= 0.6 is 0 Å². The van der Waals surface area contributed by atoms with Gasteiger partial charge in [-0.15, -0.1) is 0 Å². The molecule has 0 aliphatic carbocycles. The fourth-order valence-electron chi connectivity index (χ4n) is 2.82. The van der Waals surface area contributed by atoms with E-state index in [1.54, 1.807) is 11.0 Å². The number of likely N-dealkylation sites (tertiary alicyclic amines) is 1. The van der Waals surface area contributed by atoms with E-state index < -0.39 is 11.7 Å². The molecule has 1 saturated heterocycles. The van der Waals surface area contributed by atoms with Crippen molar-refractivity contribution < 1.29 is 14.0 Å². The van der Waals surface area contributed by atoms with Gasteiger partial charge in [-0.2, -0.15) is 0 Å². The van der Waals surface area contributed by atoms with Crippen LogP contribution < -0.4 is 5.32 Å². The van der Waals surface area contributed by atoms with Crippen LogP contribution in [0.1, 0.15) is 30.7 Å². The molecule has 2 aliphatic rings. The molecule has 19 heavy (non-hydrogen) atoms. The Hall–Kier alpha value is -1.91. The number of fused-ring (bicyclic) bond motifs is 1. The fraction of sp³-hybridized carbons (Fsp3) is 0.429. The maximum absolute atomic E-state index is 13.2. The second-order valence-corrected chi connectivity index (χ2v) is 5.07. The summed E-state index contributed by atoms with van der Waals surface area (Å²) in [6.07, 6.45) is 2.18. The average molecular weight is 262 g/mol. The molecule has 3 rings (SSSR count). The molecule has 2 aliphatic heterocycles. The maximum atomic E-state index is 13.2. The Bertz CT molecular complexity index is 538. The molecule has 2 amide bonds. The van der Waals surface area contributed by atoms with E-state index in [2.05, 4.69) is 5.32 Å². The van der Waals surface area contributed by atoms with E-state index in [1.165, 1.54) is 12.1 Å². The Morgan fingerprint density at radius 1 is 1.32 bits per heavy atom. The van der Waals surface area contributed by atoms with Gasteiger partial charge in [-0.25, -0.2) is 4.39 Å². The van der Waals surface area contributed by atoms with Gasteiger partial charge in [0.25, 0.3) is 0 Å². The molecule has 4 nitrogen and oxygen atoms in total. The number of halogens is 1. The first-order chi connectivity index (χ1) is 9.15. The van der Waals surface area contributed by atoms with Gasteiger partial charge in [-0.3, -0.25) is 9.59 Å². The summed E-state index contributed by atoms with van der Waals surface area (Å²) in [6.45, 7) is 1.51. The van der Waals surface area contributed by atoms with Crippen molar-refractivity contribution >= 4 is 17.5 Å². The Kier molecular flexibility index (Phi) is 2.97. The first-order valence-corrected chi connectivity index (χ1v) is 6.53. The summed E-state index contributed by atoms with van der Waals surface area (Å²) < 4.78 is 13.2. The van der Waals surface area contributed by atoms with Gasteiger partial charge in [0.15, 0.2) is 0 Å². The molecule has 1 fully saturated rings. The van der Waals surface area contributed by atoms with Gasteiger partial charge in [0.2, 0.25) is 11.8 Å². The topological polar surface area (TPSA) is 49.4 Å². The van der Waals surface area contributed by atoms with Crippen molar-refractivity contribution in [3.8, 4) is 0 Å². The van der Waals surface area contributed by atoms with Crippen molar-refractivity contribution in [1.29, 1.82) is 0 Å². The van der Waals surface area contributed by atoms with Crippen LogP contribution in [-0.4, -0.2) is 29.8 Å². The molecule has 0 spiro atoms. The van der Waals surface area contributed by atoms with Crippen molar-refractivity contribution in [1.82, 2.24) is 4.90 Å². The number of carbonyl (C=O) groups excluding carboxylic acids is 2. The van der Waals surface area contributed by atoms with Gasteiger partial charge in [-0.05, 0) is 30.5 Å². The van der Waals surface area contributed by atoms with Crippen molar-refractivity contribution in [3.63, 3.8) is 0 Å². The summed E-state index contributed by atoms with van der Waals surface area (Å²) in [6, 6.07) is 4.21. The third kappa shape index (κ3) is 2.20. The molecule has 1 aromatic rings. The number of anilines is 1. The molecule has 2 heterocycles. The van der Waals surface area contributed by atoms with E-state index >= 15 is 0 Å². The SMILES string of the molecule is O=C1CC(C(=O)N2CCCC2)c2ccc(F)cc2N1. The second-order valence-electron chi connectivity index (χ2n) is 5.07. The van der Waals surface area contributed by atoms with Gasteiger partial charge in [0.1, 0.15) is 5.82 Å². The van der Waals surface area contributed by atoms with Crippen LogP contribution in [-0.2, 0) is 9.59 Å². The van der Waals surface area contributed by atoms with Crippen LogP contribution in [0.2, 0.25) is 0 Å². The number of carbonyl (C=O) groups is 2. The summed E-state index contributed by atoms with van der Waals surface area (Å²) in [5.74, 6) is -1.12. The predicted molar refractivity (Wildman–Crippen MR) is 68.2 cm³/mol. The molecule has 5 heteroatoms. The number of rotatable bonds is 1. The number of hydrogen-bond donors (Lipinski definition) is 1. The normalized spacial score (nSPS) is 22.1. The molecule has 0 saturated carbocycles. The number of nitrogens with zero attached hydrogens (tertiary/aromatic N) is 1. The minimum atomic E-state index is -0.470. The number of nitrogens with one attached hydrogen (secondary N) is 1. The molecule has 1 unspecified atom stereocenters. The highest BCUT2D eigenvalue weighted by atomic mass is 19.1. The predicted octanol–water partition coefficient (Wildman–Crippen LogP) is 1.87. The molecule has 0 bridgehead atoms. The van der Waals surface area contributed by atoms with E-state index in [9.17, 15) is 14.0 Å². The lowest BCUT2D eigenvalue weighted by molar-refractivity contribution is -0.134. The van der Waals surface area contributed by atoms with E-state index in [-0.39, 0.29) is 18.2 Å². The minimum absolute atomic E-state index is 0.0137.